The van der Waals surface area contributed by atoms with Crippen molar-refractivity contribution in [3.05, 3.63) is 214 Å². The monoisotopic (exact) mass is 1040 g/mol. The van der Waals surface area contributed by atoms with Crippen molar-refractivity contribution in [3.63, 3.8) is 0 Å². The summed E-state index contributed by atoms with van der Waals surface area (Å²) in [5.74, 6) is 20.0. The van der Waals surface area contributed by atoms with Gasteiger partial charge >= 0.3 is 0 Å². The fourth-order valence-corrected chi connectivity index (χ4v) is 9.32. The molecule has 0 atom stereocenters. The van der Waals surface area contributed by atoms with Crippen LogP contribution in [0.1, 0.15) is 163 Å². The zero-order valence-electron chi connectivity index (χ0n) is 47.3. The van der Waals surface area contributed by atoms with E-state index in [9.17, 15) is 0 Å². The second-order valence-electron chi connectivity index (χ2n) is 20.0. The molecular formula is C72H82O6. The quantitative estimate of drug-likeness (QED) is 0.0254. The van der Waals surface area contributed by atoms with E-state index in [0.717, 1.165) is 156 Å². The van der Waals surface area contributed by atoms with Gasteiger partial charge < -0.3 is 28.4 Å². The molecule has 6 heteroatoms. The van der Waals surface area contributed by atoms with Gasteiger partial charge in [-0.05, 0) is 169 Å². The van der Waals surface area contributed by atoms with Gasteiger partial charge in [0.25, 0.3) is 0 Å². The molecule has 0 aliphatic heterocycles. The highest BCUT2D eigenvalue weighted by molar-refractivity contribution is 5.64. The van der Waals surface area contributed by atoms with Gasteiger partial charge in [-0.1, -0.05) is 177 Å². The molecular weight excluding hydrogens is 961 g/mol. The lowest BCUT2D eigenvalue weighted by molar-refractivity contribution is 0.307. The lowest BCUT2D eigenvalue weighted by Gasteiger charge is -2.32. The van der Waals surface area contributed by atoms with Crippen LogP contribution in [0, 0.1) is 23.7 Å². The molecule has 0 saturated heterocycles. The van der Waals surface area contributed by atoms with Crippen molar-refractivity contribution in [2.45, 2.75) is 129 Å². The maximum atomic E-state index is 6.39. The predicted octanol–water partition coefficient (Wildman–Crippen LogP) is 17.5. The van der Waals surface area contributed by atoms with Crippen molar-refractivity contribution in [1.29, 1.82) is 0 Å². The van der Waals surface area contributed by atoms with Crippen LogP contribution < -0.4 is 28.4 Å². The lowest BCUT2D eigenvalue weighted by Crippen LogP contribution is -2.28. The summed E-state index contributed by atoms with van der Waals surface area (Å²) in [6.07, 6.45) is 12.1. The maximum absolute atomic E-state index is 6.39. The molecule has 0 aliphatic carbocycles. The van der Waals surface area contributed by atoms with Crippen molar-refractivity contribution in [1.82, 2.24) is 0 Å². The standard InChI is InChI=1S/C72H82O6/c1-7-13-45-73-65-31-19-25-59(51-65)71(60-26-20-32-66(52-60)74-46-14-8-2,61-27-21-33-67(53-61)75-47-15-9-3)43-41-57-37-39-58(40-38-57)42-44-72(62-28-22-34-68(54-62)76-48-16-10-4,63-29-23-35-69(55-63)77-49-17-11-5)64-30-24-36-70(56-64)78-50-18-12-6/h19-40,51-56H,7-18,45-50H2,1-6H3. The maximum Gasteiger partial charge on any atom is 0.119 e. The summed E-state index contributed by atoms with van der Waals surface area (Å²) in [7, 11) is 0. The summed E-state index contributed by atoms with van der Waals surface area (Å²) < 4.78 is 38.3. The van der Waals surface area contributed by atoms with E-state index in [4.69, 9.17) is 28.4 Å². The molecule has 0 bridgehead atoms. The van der Waals surface area contributed by atoms with Crippen LogP contribution in [0.4, 0.5) is 0 Å². The van der Waals surface area contributed by atoms with Crippen molar-refractivity contribution in [2.75, 3.05) is 39.6 Å². The van der Waals surface area contributed by atoms with Crippen LogP contribution in [0.15, 0.2) is 170 Å². The van der Waals surface area contributed by atoms with Gasteiger partial charge in [0.1, 0.15) is 45.3 Å². The Labute approximate surface area is 467 Å². The SMILES string of the molecule is CCCCOc1cccc(C(C#Cc2ccc(C#CC(c3cccc(OCCCC)c3)(c3cccc(OCCCC)c3)c3cccc(OCCCC)c3)cc2)(c2cccc(OCCCC)c2)c2cccc(OCCCC)c2)c1. The zero-order chi connectivity index (χ0) is 54.7. The molecule has 6 nitrogen and oxygen atoms in total. The highest BCUT2D eigenvalue weighted by atomic mass is 16.5. The van der Waals surface area contributed by atoms with E-state index in [1.165, 1.54) is 0 Å². The lowest BCUT2D eigenvalue weighted by atomic mass is 9.69. The fourth-order valence-electron chi connectivity index (χ4n) is 9.32. The predicted molar refractivity (Wildman–Crippen MR) is 321 cm³/mol. The first-order chi connectivity index (χ1) is 38.4. The minimum Gasteiger partial charge on any atom is -0.494 e. The highest BCUT2D eigenvalue weighted by Crippen LogP contribution is 2.44. The Hall–Kier alpha value is -7.54. The van der Waals surface area contributed by atoms with Crippen LogP contribution >= 0.6 is 0 Å². The molecule has 7 aromatic carbocycles. The van der Waals surface area contributed by atoms with Crippen molar-refractivity contribution in [2.24, 2.45) is 0 Å². The second kappa shape index (κ2) is 31.0. The highest BCUT2D eigenvalue weighted by Gasteiger charge is 2.38. The van der Waals surface area contributed by atoms with Crippen LogP contribution in [-0.2, 0) is 10.8 Å². The molecule has 0 fully saturated rings. The Bertz CT molecular complexity index is 2570. The number of hydrogen-bond acceptors (Lipinski definition) is 6. The summed E-state index contributed by atoms with van der Waals surface area (Å²) >= 11 is 0. The van der Waals surface area contributed by atoms with Crippen molar-refractivity contribution >= 4 is 0 Å². The average molecular weight is 1040 g/mol. The summed E-state index contributed by atoms with van der Waals surface area (Å²) in [5.41, 5.74) is 5.68. The second-order valence-corrected chi connectivity index (χ2v) is 20.0. The number of rotatable bonds is 30. The average Bonchev–Trinajstić information content (AvgIpc) is 3.53. The fraction of sp³-hybridized carbons (Fsp3) is 0.361. The first kappa shape index (κ1) is 58.1. The van der Waals surface area contributed by atoms with E-state index < -0.39 is 10.8 Å². The van der Waals surface area contributed by atoms with Crippen LogP contribution in [0.25, 0.3) is 0 Å². The van der Waals surface area contributed by atoms with Gasteiger partial charge in [-0.3, -0.25) is 0 Å². The van der Waals surface area contributed by atoms with E-state index in [2.05, 4.69) is 199 Å². The zero-order valence-corrected chi connectivity index (χ0v) is 47.3. The molecule has 0 heterocycles. The van der Waals surface area contributed by atoms with E-state index >= 15 is 0 Å². The van der Waals surface area contributed by atoms with E-state index in [1.54, 1.807) is 0 Å². The molecule has 0 spiro atoms. The minimum absolute atomic E-state index is 0.635. The molecule has 78 heavy (non-hydrogen) atoms. The van der Waals surface area contributed by atoms with E-state index in [-0.39, 0.29) is 0 Å². The Kier molecular flexibility index (Phi) is 23.1. The molecule has 7 aromatic rings. The summed E-state index contributed by atoms with van der Waals surface area (Å²) in [4.78, 5) is 0. The molecule has 0 aliphatic rings. The van der Waals surface area contributed by atoms with Crippen LogP contribution in [0.2, 0.25) is 0 Å². The van der Waals surface area contributed by atoms with Crippen LogP contribution in [0.5, 0.6) is 34.5 Å². The third kappa shape index (κ3) is 15.8. The van der Waals surface area contributed by atoms with Gasteiger partial charge in [0, 0.05) is 11.1 Å². The van der Waals surface area contributed by atoms with Crippen molar-refractivity contribution < 1.29 is 28.4 Å². The topological polar surface area (TPSA) is 55.4 Å². The number of ether oxygens (including phenoxy) is 6. The first-order valence-electron chi connectivity index (χ1n) is 28.9. The Morgan fingerprint density at radius 2 is 0.462 bits per heavy atom. The van der Waals surface area contributed by atoms with Crippen LogP contribution in [-0.4, -0.2) is 39.6 Å². The molecule has 0 unspecified atom stereocenters. The van der Waals surface area contributed by atoms with Gasteiger partial charge in [0.2, 0.25) is 0 Å². The minimum atomic E-state index is -0.963. The molecule has 0 saturated carbocycles. The molecule has 0 N–H and O–H groups in total. The Morgan fingerprint density at radius 1 is 0.269 bits per heavy atom. The van der Waals surface area contributed by atoms with Crippen LogP contribution in [0.3, 0.4) is 0 Å². The Balaban J connectivity index is 1.40. The summed E-state index contributed by atoms with van der Waals surface area (Å²) in [6, 6.07) is 58.8. The molecule has 406 valence electrons. The third-order valence-corrected chi connectivity index (χ3v) is 13.9. The number of hydrogen-bond donors (Lipinski definition) is 0. The van der Waals surface area contributed by atoms with Gasteiger partial charge in [0.05, 0.1) is 39.6 Å². The first-order valence-corrected chi connectivity index (χ1v) is 28.9. The molecule has 7 rings (SSSR count). The molecule has 0 radical (unpaired) electrons. The van der Waals surface area contributed by atoms with Gasteiger partial charge in [-0.15, -0.1) is 0 Å². The van der Waals surface area contributed by atoms with Crippen molar-refractivity contribution in [3.8, 4) is 58.2 Å². The summed E-state index contributed by atoms with van der Waals surface area (Å²) in [6.45, 7) is 16.9. The molecule has 0 aromatic heterocycles. The number of benzene rings is 7. The van der Waals surface area contributed by atoms with E-state index in [1.807, 2.05) is 36.4 Å². The summed E-state index contributed by atoms with van der Waals surface area (Å²) in [5, 5.41) is 0. The number of unbranched alkanes of at least 4 members (excludes halogenated alkanes) is 6. The largest absolute Gasteiger partial charge is 0.494 e. The van der Waals surface area contributed by atoms with Gasteiger partial charge in [-0.25, -0.2) is 0 Å². The third-order valence-electron chi connectivity index (χ3n) is 13.9. The molecule has 0 amide bonds. The Morgan fingerprint density at radius 3 is 0.641 bits per heavy atom. The smallest absolute Gasteiger partial charge is 0.119 e. The normalized spacial score (nSPS) is 11.2. The van der Waals surface area contributed by atoms with Gasteiger partial charge in [0.15, 0.2) is 0 Å². The van der Waals surface area contributed by atoms with Gasteiger partial charge in [-0.2, -0.15) is 0 Å². The van der Waals surface area contributed by atoms with E-state index in [0.29, 0.717) is 39.6 Å².